The molecule has 96 valence electrons. The van der Waals surface area contributed by atoms with Crippen LogP contribution in [0.25, 0.3) is 0 Å². The average molecular weight is 277 g/mol. The zero-order valence-electron chi connectivity index (χ0n) is 9.54. The average Bonchev–Trinajstić information content (AvgIpc) is 2.92. The van der Waals surface area contributed by atoms with Crippen molar-refractivity contribution in [3.63, 3.8) is 0 Å². The van der Waals surface area contributed by atoms with E-state index >= 15 is 0 Å². The highest BCUT2D eigenvalue weighted by molar-refractivity contribution is 7.13. The van der Waals surface area contributed by atoms with E-state index in [0.717, 1.165) is 11.3 Å². The second kappa shape index (κ2) is 5.93. The molecule has 1 atom stereocenters. The largest absolute Gasteiger partial charge is 0.450 e. The van der Waals surface area contributed by atoms with E-state index in [2.05, 4.69) is 10.3 Å². The van der Waals surface area contributed by atoms with Gasteiger partial charge >= 0.3 is 12.3 Å². The number of aromatic nitrogens is 1. The van der Waals surface area contributed by atoms with Crippen LogP contribution in [0.2, 0.25) is 0 Å². The molecular weight excluding hydrogens is 269 g/mol. The van der Waals surface area contributed by atoms with E-state index in [1.807, 2.05) is 6.07 Å². The van der Waals surface area contributed by atoms with Gasteiger partial charge in [0.2, 0.25) is 0 Å². The van der Waals surface area contributed by atoms with Crippen molar-refractivity contribution >= 4 is 22.4 Å². The van der Waals surface area contributed by atoms with Gasteiger partial charge in [-0.15, -0.1) is 11.3 Å². The number of nitrogens with one attached hydrogen (secondary N) is 1. The fraction of sp³-hybridized carbons (Fsp3) is 0.0833. The summed E-state index contributed by atoms with van der Waals surface area (Å²) in [5.41, 5.74) is 0.159. The number of anilines is 1. The molecule has 1 aromatic heterocycles. The summed E-state index contributed by atoms with van der Waals surface area (Å²) >= 11 is 1.16. The standard InChI is InChI=1S/C12H8FN3O2S/c13-10(11(17)16-12-15-5-6-19-12)18-9-4-2-1-3-8(9)7-14/h1-6,10H,(H,15,16,17). The fourth-order valence-electron chi connectivity index (χ4n) is 1.27. The molecule has 0 aliphatic heterocycles. The van der Waals surface area contributed by atoms with E-state index in [4.69, 9.17) is 10.00 Å². The number of hydrogen-bond donors (Lipinski definition) is 1. The molecule has 19 heavy (non-hydrogen) atoms. The highest BCUT2D eigenvalue weighted by atomic mass is 32.1. The number of para-hydroxylation sites is 1. The molecule has 0 saturated carbocycles. The van der Waals surface area contributed by atoms with E-state index in [-0.39, 0.29) is 16.4 Å². The van der Waals surface area contributed by atoms with Crippen LogP contribution in [-0.2, 0) is 4.79 Å². The quantitative estimate of drug-likeness (QED) is 0.930. The van der Waals surface area contributed by atoms with Crippen molar-refractivity contribution in [3.05, 3.63) is 41.4 Å². The van der Waals surface area contributed by atoms with Crippen LogP contribution in [0.4, 0.5) is 9.52 Å². The number of halogens is 1. The van der Waals surface area contributed by atoms with Crippen LogP contribution in [0.15, 0.2) is 35.8 Å². The number of carbonyl (C=O) groups is 1. The molecule has 2 rings (SSSR count). The minimum Gasteiger partial charge on any atom is -0.450 e. The first-order valence-corrected chi connectivity index (χ1v) is 6.09. The Morgan fingerprint density at radius 2 is 2.32 bits per heavy atom. The molecule has 0 radical (unpaired) electrons. The van der Waals surface area contributed by atoms with Gasteiger partial charge in [0.1, 0.15) is 11.8 Å². The maximum Gasteiger partial charge on any atom is 0.317 e. The van der Waals surface area contributed by atoms with E-state index in [9.17, 15) is 9.18 Å². The van der Waals surface area contributed by atoms with Gasteiger partial charge in [0, 0.05) is 11.6 Å². The van der Waals surface area contributed by atoms with Crippen molar-refractivity contribution in [3.8, 4) is 11.8 Å². The number of nitriles is 1. The molecule has 0 spiro atoms. The zero-order chi connectivity index (χ0) is 13.7. The van der Waals surface area contributed by atoms with E-state index in [0.29, 0.717) is 0 Å². The Balaban J connectivity index is 2.02. The molecule has 1 N–H and O–H groups in total. The lowest BCUT2D eigenvalue weighted by Gasteiger charge is -2.11. The highest BCUT2D eigenvalue weighted by Crippen LogP contribution is 2.19. The maximum absolute atomic E-state index is 13.6. The number of alkyl halides is 1. The van der Waals surface area contributed by atoms with Crippen molar-refractivity contribution in [1.29, 1.82) is 5.26 Å². The minimum absolute atomic E-state index is 0.0202. The van der Waals surface area contributed by atoms with Crippen LogP contribution >= 0.6 is 11.3 Å². The van der Waals surface area contributed by atoms with Gasteiger partial charge in [-0.05, 0) is 12.1 Å². The van der Waals surface area contributed by atoms with Gasteiger partial charge in [0.25, 0.3) is 0 Å². The molecule has 2 aromatic rings. The highest BCUT2D eigenvalue weighted by Gasteiger charge is 2.21. The van der Waals surface area contributed by atoms with Crippen LogP contribution in [0, 0.1) is 11.3 Å². The van der Waals surface area contributed by atoms with Crippen LogP contribution < -0.4 is 10.1 Å². The summed E-state index contributed by atoms with van der Waals surface area (Å²) in [5.74, 6) is -0.950. The number of rotatable bonds is 4. The normalized spacial score (nSPS) is 11.4. The van der Waals surface area contributed by atoms with E-state index in [1.165, 1.54) is 18.3 Å². The van der Waals surface area contributed by atoms with Crippen molar-refractivity contribution in [2.24, 2.45) is 0 Å². The summed E-state index contributed by atoms with van der Waals surface area (Å²) in [6, 6.07) is 7.95. The van der Waals surface area contributed by atoms with Gasteiger partial charge in [-0.2, -0.15) is 9.65 Å². The second-order valence-electron chi connectivity index (χ2n) is 3.37. The lowest BCUT2D eigenvalue weighted by molar-refractivity contribution is -0.129. The lowest BCUT2D eigenvalue weighted by atomic mass is 10.2. The maximum atomic E-state index is 13.6. The van der Waals surface area contributed by atoms with Crippen LogP contribution in [0.1, 0.15) is 5.56 Å². The van der Waals surface area contributed by atoms with E-state index in [1.54, 1.807) is 17.5 Å². The van der Waals surface area contributed by atoms with Gasteiger partial charge in [0.15, 0.2) is 5.13 Å². The Bertz CT molecular complexity index is 610. The molecule has 1 amide bonds. The molecule has 0 fully saturated rings. The Morgan fingerprint density at radius 1 is 1.53 bits per heavy atom. The van der Waals surface area contributed by atoms with Crippen molar-refractivity contribution in [2.75, 3.05) is 5.32 Å². The van der Waals surface area contributed by atoms with Gasteiger partial charge < -0.3 is 4.74 Å². The number of ether oxygens (including phenoxy) is 1. The predicted octanol–water partition coefficient (Wildman–Crippen LogP) is 2.33. The number of thiazole rings is 1. The Morgan fingerprint density at radius 3 is 3.00 bits per heavy atom. The molecule has 1 aromatic carbocycles. The number of hydrogen-bond acceptors (Lipinski definition) is 5. The Labute approximate surface area is 112 Å². The Hall–Kier alpha value is -2.46. The fourth-order valence-corrected chi connectivity index (χ4v) is 1.81. The Kier molecular flexibility index (Phi) is 4.05. The minimum atomic E-state index is -2.21. The van der Waals surface area contributed by atoms with Gasteiger partial charge in [-0.25, -0.2) is 4.98 Å². The molecule has 1 unspecified atom stereocenters. The van der Waals surface area contributed by atoms with Gasteiger partial charge in [-0.3, -0.25) is 10.1 Å². The smallest absolute Gasteiger partial charge is 0.317 e. The first kappa shape index (κ1) is 13.0. The summed E-state index contributed by atoms with van der Waals surface area (Å²) in [4.78, 5) is 15.3. The molecule has 0 aliphatic carbocycles. The van der Waals surface area contributed by atoms with Crippen molar-refractivity contribution < 1.29 is 13.9 Å². The van der Waals surface area contributed by atoms with Crippen LogP contribution in [0.3, 0.4) is 0 Å². The van der Waals surface area contributed by atoms with Gasteiger partial charge in [0.05, 0.1) is 5.56 Å². The molecule has 1 heterocycles. The third kappa shape index (κ3) is 3.26. The summed E-state index contributed by atoms with van der Waals surface area (Å²) in [7, 11) is 0. The van der Waals surface area contributed by atoms with Crippen LogP contribution in [-0.4, -0.2) is 17.2 Å². The summed E-state index contributed by atoms with van der Waals surface area (Å²) in [6.45, 7) is 0. The second-order valence-corrected chi connectivity index (χ2v) is 4.26. The first-order valence-electron chi connectivity index (χ1n) is 5.21. The molecular formula is C12H8FN3O2S. The monoisotopic (exact) mass is 277 g/mol. The molecule has 7 heteroatoms. The number of benzene rings is 1. The van der Waals surface area contributed by atoms with Crippen LogP contribution in [0.5, 0.6) is 5.75 Å². The number of amides is 1. The number of carbonyl (C=O) groups excluding carboxylic acids is 1. The molecule has 0 aliphatic rings. The van der Waals surface area contributed by atoms with Crippen molar-refractivity contribution in [1.82, 2.24) is 4.98 Å². The molecule has 5 nitrogen and oxygen atoms in total. The van der Waals surface area contributed by atoms with Gasteiger partial charge in [-0.1, -0.05) is 12.1 Å². The lowest BCUT2D eigenvalue weighted by Crippen LogP contribution is -2.29. The number of nitrogens with zero attached hydrogens (tertiary/aromatic N) is 2. The first-order chi connectivity index (χ1) is 9.20. The third-order valence-electron chi connectivity index (χ3n) is 2.11. The van der Waals surface area contributed by atoms with E-state index < -0.39 is 12.3 Å². The summed E-state index contributed by atoms with van der Waals surface area (Å²) in [5, 5.41) is 13.0. The zero-order valence-corrected chi connectivity index (χ0v) is 10.4. The topological polar surface area (TPSA) is 75.0 Å². The summed E-state index contributed by atoms with van der Waals surface area (Å²) in [6.07, 6.45) is -0.724. The van der Waals surface area contributed by atoms with Crippen molar-refractivity contribution in [2.45, 2.75) is 6.36 Å². The predicted molar refractivity (Wildman–Crippen MR) is 67.4 cm³/mol. The summed E-state index contributed by atoms with van der Waals surface area (Å²) < 4.78 is 18.4. The SMILES string of the molecule is N#Cc1ccccc1OC(F)C(=O)Nc1nccs1. The third-order valence-corrected chi connectivity index (χ3v) is 2.80. The molecule has 0 saturated heterocycles. The molecule has 0 bridgehead atoms.